The molecular weight excluding hydrogens is 1090 g/mol. The molecule has 0 amide bonds. The van der Waals surface area contributed by atoms with Gasteiger partial charge in [0, 0.05) is 70.8 Å². The summed E-state index contributed by atoms with van der Waals surface area (Å²) >= 11 is 0. The maximum atomic E-state index is 9.01. The molecule has 2 aromatic heterocycles. The fourth-order valence-corrected chi connectivity index (χ4v) is 14.9. The molecule has 14 aromatic rings. The van der Waals surface area contributed by atoms with Crippen molar-refractivity contribution in [2.45, 2.75) is 45.3 Å². The third kappa shape index (κ3) is 8.19. The van der Waals surface area contributed by atoms with Gasteiger partial charge in [-0.05, 0) is 134 Å². The molecule has 17 rings (SSSR count). The molecule has 0 saturated heterocycles. The molecule has 12 aromatic carbocycles. The highest BCUT2D eigenvalue weighted by Crippen LogP contribution is 2.67. The molecule has 1 aliphatic heterocycles. The predicted molar refractivity (Wildman–Crippen MR) is 373 cm³/mol. The van der Waals surface area contributed by atoms with E-state index >= 15 is 0 Å². The monoisotopic (exact) mass is 1160 g/mol. The second-order valence-electron chi connectivity index (χ2n) is 25.0. The molecule has 5 nitrogen and oxygen atoms in total. The summed E-state index contributed by atoms with van der Waals surface area (Å²) in [6.45, 7) is 2.41. The van der Waals surface area contributed by atoms with Crippen molar-refractivity contribution in [2.75, 3.05) is 16.5 Å². The number of hydrogen-bond donors (Lipinski definition) is 0. The van der Waals surface area contributed by atoms with Crippen molar-refractivity contribution in [3.8, 4) is 84.1 Å². The Balaban J connectivity index is 0.860. The van der Waals surface area contributed by atoms with Crippen LogP contribution in [0.4, 0.5) is 22.7 Å². The maximum Gasteiger partial charge on any atom is 0.137 e. The summed E-state index contributed by atoms with van der Waals surface area (Å²) in [7, 11) is 0. The van der Waals surface area contributed by atoms with E-state index in [0.717, 1.165) is 122 Å². The molecule has 90 heavy (non-hydrogen) atoms. The second kappa shape index (κ2) is 20.5. The lowest BCUT2D eigenvalue weighted by Gasteiger charge is -2.32. The van der Waals surface area contributed by atoms with Crippen molar-refractivity contribution in [2.24, 2.45) is 0 Å². The highest BCUT2D eigenvalue weighted by molar-refractivity contribution is 6.20. The van der Waals surface area contributed by atoms with E-state index in [1.54, 1.807) is 24.4 Å². The van der Waals surface area contributed by atoms with Crippen LogP contribution in [-0.2, 0) is 10.8 Å². The number of aryl methyl sites for hydroxylation is 2. The highest BCUT2D eigenvalue weighted by atomic mass is 16.5. The van der Waals surface area contributed by atoms with Gasteiger partial charge < -0.3 is 14.5 Å². The molecule has 5 heteroatoms. The van der Waals surface area contributed by atoms with E-state index in [1.807, 2.05) is 12.1 Å². The maximum absolute atomic E-state index is 9.01. The van der Waals surface area contributed by atoms with Crippen molar-refractivity contribution in [3.05, 3.63) is 324 Å². The first-order chi connectivity index (χ1) is 46.5. The Bertz CT molecular complexity index is 5420. The first-order valence-electron chi connectivity index (χ1n) is 33.9. The van der Waals surface area contributed by atoms with Crippen LogP contribution in [0.2, 0.25) is 0 Å². The fourth-order valence-electron chi connectivity index (χ4n) is 14.9. The van der Waals surface area contributed by atoms with Gasteiger partial charge in [0.05, 0.1) is 33.5 Å². The standard InChI is InChI=1S/C85H64N4O/c1-54-43-45-57(46-44-54)70-52-86-79(47-55(70)2)89-74-40-16-12-34-69(74)80-77(89)51-78(82-81(80)68-33-11-15-39-73(68)85(82)71-37-13-9-31-66(71)67-32-10-14-38-72(67)85)90-63-30-21-29-62(50-63)87-53-88(76-42-18-17-41-75(76)87)83-64(59-26-19-25-58(48-59)56-23-7-6-8-24-56)35-22-36-65(83)60-27-20-28-61(49-60)84(3,4)5/h6-52H,53H2,1-5H3/i1D3,2D3. The minimum absolute atomic E-state index is 0.0699. The Morgan fingerprint density at radius 2 is 1.06 bits per heavy atom. The van der Waals surface area contributed by atoms with Crippen molar-refractivity contribution >= 4 is 44.6 Å². The van der Waals surface area contributed by atoms with Crippen LogP contribution in [0, 0.1) is 13.7 Å². The van der Waals surface area contributed by atoms with Gasteiger partial charge in [-0.25, -0.2) is 4.98 Å². The smallest absolute Gasteiger partial charge is 0.137 e. The van der Waals surface area contributed by atoms with Crippen LogP contribution in [0.3, 0.4) is 0 Å². The lowest BCUT2D eigenvalue weighted by atomic mass is 9.70. The van der Waals surface area contributed by atoms with Crippen molar-refractivity contribution < 1.29 is 13.0 Å². The number of nitrogens with zero attached hydrogens (tertiary/aromatic N) is 4. The van der Waals surface area contributed by atoms with Gasteiger partial charge in [-0.1, -0.05) is 251 Å². The third-order valence-corrected chi connectivity index (χ3v) is 18.9. The number of hydrogen-bond acceptors (Lipinski definition) is 4. The quantitative estimate of drug-likeness (QED) is 0.144. The van der Waals surface area contributed by atoms with Gasteiger partial charge in [0.25, 0.3) is 0 Å². The Labute approximate surface area is 534 Å². The first kappa shape index (κ1) is 47.1. The van der Waals surface area contributed by atoms with Gasteiger partial charge in [0.1, 0.15) is 24.0 Å². The molecule has 0 fully saturated rings. The summed E-state index contributed by atoms with van der Waals surface area (Å²) in [5.74, 6) is 1.68. The van der Waals surface area contributed by atoms with E-state index in [2.05, 4.69) is 272 Å². The molecule has 0 radical (unpaired) electrons. The Morgan fingerprint density at radius 1 is 0.456 bits per heavy atom. The van der Waals surface area contributed by atoms with Crippen LogP contribution in [0.5, 0.6) is 11.5 Å². The Hall–Kier alpha value is -11.0. The lowest BCUT2D eigenvalue weighted by molar-refractivity contribution is 0.472. The SMILES string of the molecule is [2H]C([2H])([2H])c1ccc(-c2cnc(-n3c4ccccc4c4c5c(c(Oc6cccc(N7CN(c8c(-c9cccc(-c%10ccccc%10)c9)cccc8-c8cccc(C(C)(C)C)c8)c8ccccc87)c6)cc43)C3(c4ccccc4-c4ccccc43)c3ccccc3-5)cc2C([2H])([2H])[2H])cc1. The van der Waals surface area contributed by atoms with E-state index in [1.165, 1.54) is 17.7 Å². The average Bonchev–Trinajstić information content (AvgIpc) is 1.49. The summed E-state index contributed by atoms with van der Waals surface area (Å²) in [5.41, 5.74) is 23.1. The van der Waals surface area contributed by atoms with Crippen molar-refractivity contribution in [3.63, 3.8) is 0 Å². The van der Waals surface area contributed by atoms with E-state index in [9.17, 15) is 0 Å². The molecule has 1 spiro atoms. The van der Waals surface area contributed by atoms with Gasteiger partial charge >= 0.3 is 0 Å². The van der Waals surface area contributed by atoms with Gasteiger partial charge in [-0.15, -0.1) is 0 Å². The minimum Gasteiger partial charge on any atom is -0.457 e. The highest BCUT2D eigenvalue weighted by Gasteiger charge is 2.54. The molecule has 430 valence electrons. The number of para-hydroxylation sites is 4. The predicted octanol–water partition coefficient (Wildman–Crippen LogP) is 22.1. The largest absolute Gasteiger partial charge is 0.457 e. The molecule has 0 atom stereocenters. The molecule has 0 N–H and O–H groups in total. The van der Waals surface area contributed by atoms with E-state index in [-0.39, 0.29) is 16.5 Å². The van der Waals surface area contributed by atoms with Crippen LogP contribution < -0.4 is 14.5 Å². The summed E-state index contributed by atoms with van der Waals surface area (Å²) in [6, 6.07) is 97.2. The number of ether oxygens (including phenoxy) is 1. The van der Waals surface area contributed by atoms with Crippen molar-refractivity contribution in [1.29, 1.82) is 0 Å². The van der Waals surface area contributed by atoms with Gasteiger partial charge in [-0.2, -0.15) is 0 Å². The third-order valence-electron chi connectivity index (χ3n) is 18.9. The lowest BCUT2D eigenvalue weighted by Crippen LogP contribution is -2.26. The molecule has 2 aliphatic carbocycles. The van der Waals surface area contributed by atoms with Crippen molar-refractivity contribution in [1.82, 2.24) is 9.55 Å². The normalized spacial score (nSPS) is 14.7. The summed E-state index contributed by atoms with van der Waals surface area (Å²) in [4.78, 5) is 10.0. The van der Waals surface area contributed by atoms with Crippen LogP contribution in [-0.4, -0.2) is 16.2 Å². The molecule has 0 unspecified atom stereocenters. The van der Waals surface area contributed by atoms with Crippen LogP contribution in [0.1, 0.15) is 67.9 Å². The minimum atomic E-state index is -2.57. The summed E-state index contributed by atoms with van der Waals surface area (Å²) in [6.07, 6.45) is 1.61. The molecule has 3 aliphatic rings. The average molecular weight is 1160 g/mol. The Kier molecular flexibility index (Phi) is 10.8. The molecule has 0 bridgehead atoms. The topological polar surface area (TPSA) is 33.5 Å². The Morgan fingerprint density at radius 3 is 1.79 bits per heavy atom. The van der Waals surface area contributed by atoms with E-state index in [0.29, 0.717) is 35.1 Å². The van der Waals surface area contributed by atoms with Gasteiger partial charge in [0.15, 0.2) is 0 Å². The molecular formula is C85H64N4O. The van der Waals surface area contributed by atoms with Gasteiger partial charge in [0.2, 0.25) is 0 Å². The second-order valence-corrected chi connectivity index (χ2v) is 25.0. The number of anilines is 4. The summed E-state index contributed by atoms with van der Waals surface area (Å²) < 4.78 is 61.0. The fraction of sp³-hybridized carbons (Fsp3) is 0.0941. The zero-order valence-corrected chi connectivity index (χ0v) is 50.0. The first-order valence-corrected chi connectivity index (χ1v) is 30.9. The number of fused-ring (bicyclic) bond motifs is 15. The van der Waals surface area contributed by atoms with Crippen LogP contribution in [0.25, 0.3) is 94.4 Å². The number of benzene rings is 12. The number of rotatable bonds is 9. The van der Waals surface area contributed by atoms with Crippen LogP contribution in [0.15, 0.2) is 285 Å². The number of pyridine rings is 1. The van der Waals surface area contributed by atoms with E-state index in [4.69, 9.17) is 17.9 Å². The van der Waals surface area contributed by atoms with E-state index < -0.39 is 19.1 Å². The molecule has 3 heterocycles. The molecule has 0 saturated carbocycles. The zero-order valence-electron chi connectivity index (χ0n) is 56.0. The van der Waals surface area contributed by atoms with Gasteiger partial charge in [-0.3, -0.25) is 4.57 Å². The zero-order chi connectivity index (χ0) is 65.4. The summed E-state index contributed by atoms with van der Waals surface area (Å²) in [5, 5.41) is 1.96. The van der Waals surface area contributed by atoms with Crippen LogP contribution >= 0.6 is 0 Å². The number of aromatic nitrogens is 2.